The van der Waals surface area contributed by atoms with Gasteiger partial charge in [0.25, 0.3) is 0 Å². The summed E-state index contributed by atoms with van der Waals surface area (Å²) in [5.74, 6) is -0.733. The van der Waals surface area contributed by atoms with E-state index in [9.17, 15) is 9.18 Å². The monoisotopic (exact) mass is 320 g/mol. The molecule has 2 heterocycles. The second-order valence-electron chi connectivity index (χ2n) is 5.28. The van der Waals surface area contributed by atoms with Crippen LogP contribution in [0.5, 0.6) is 0 Å². The van der Waals surface area contributed by atoms with Crippen LogP contribution in [0.2, 0.25) is 0 Å². The molecule has 0 aromatic carbocycles. The van der Waals surface area contributed by atoms with Crippen LogP contribution in [0.1, 0.15) is 38.1 Å². The number of rotatable bonds is 6. The van der Waals surface area contributed by atoms with Crippen LogP contribution in [-0.4, -0.2) is 33.4 Å². The van der Waals surface area contributed by atoms with Crippen LogP contribution in [-0.2, 0) is 11.3 Å². The largest absolute Gasteiger partial charge is 0.462 e. The van der Waals surface area contributed by atoms with E-state index in [-0.39, 0.29) is 23.8 Å². The number of aryl methyl sites for hydroxylation is 1. The number of carbonyl (C=O) groups excluding carboxylic acids is 1. The molecular weight excluding hydrogens is 299 g/mol. The molecule has 124 valence electrons. The first-order valence-electron chi connectivity index (χ1n) is 7.64. The van der Waals surface area contributed by atoms with Crippen LogP contribution in [0.15, 0.2) is 18.3 Å². The maximum absolute atomic E-state index is 14.5. The van der Waals surface area contributed by atoms with Gasteiger partial charge in [-0.05, 0) is 39.8 Å². The Hall–Kier alpha value is -2.44. The molecule has 2 rings (SSSR count). The zero-order chi connectivity index (χ0) is 17.0. The van der Waals surface area contributed by atoms with Gasteiger partial charge in [0.1, 0.15) is 11.4 Å². The molecule has 23 heavy (non-hydrogen) atoms. The SMILES string of the molecule is CCOC(=O)c1cnn(CC)c1-c1ccc(NC(C)C)nc1F. The molecule has 7 heteroatoms. The number of hydrogen-bond donors (Lipinski definition) is 1. The molecule has 6 nitrogen and oxygen atoms in total. The highest BCUT2D eigenvalue weighted by atomic mass is 19.1. The van der Waals surface area contributed by atoms with E-state index >= 15 is 0 Å². The average Bonchev–Trinajstić information content (AvgIpc) is 2.90. The highest BCUT2D eigenvalue weighted by Crippen LogP contribution is 2.27. The summed E-state index contributed by atoms with van der Waals surface area (Å²) in [6.45, 7) is 8.21. The van der Waals surface area contributed by atoms with E-state index in [0.29, 0.717) is 18.1 Å². The lowest BCUT2D eigenvalue weighted by Crippen LogP contribution is -2.12. The summed E-state index contributed by atoms with van der Waals surface area (Å²) in [6.07, 6.45) is 1.40. The van der Waals surface area contributed by atoms with Crippen LogP contribution >= 0.6 is 0 Å². The fraction of sp³-hybridized carbons (Fsp3) is 0.438. The predicted octanol–water partition coefficient (Wildman–Crippen LogP) is 3.10. The predicted molar refractivity (Wildman–Crippen MR) is 85.8 cm³/mol. The minimum atomic E-state index is -0.656. The fourth-order valence-corrected chi connectivity index (χ4v) is 2.25. The van der Waals surface area contributed by atoms with Gasteiger partial charge in [-0.25, -0.2) is 9.78 Å². The molecule has 2 aromatic rings. The van der Waals surface area contributed by atoms with Crippen molar-refractivity contribution in [2.75, 3.05) is 11.9 Å². The molecular formula is C16H21FN4O2. The number of hydrogen-bond acceptors (Lipinski definition) is 5. The standard InChI is InChI=1S/C16H21FN4O2/c1-5-21-14(12(9-18-21)16(22)23-6-2)11-7-8-13(19-10(3)4)20-15(11)17/h7-10H,5-6H2,1-4H3,(H,19,20). The Morgan fingerprint density at radius 2 is 2.13 bits per heavy atom. The van der Waals surface area contributed by atoms with Gasteiger partial charge in [0, 0.05) is 12.6 Å². The normalized spacial score (nSPS) is 10.9. The minimum Gasteiger partial charge on any atom is -0.462 e. The van der Waals surface area contributed by atoms with Crippen LogP contribution < -0.4 is 5.32 Å². The van der Waals surface area contributed by atoms with Gasteiger partial charge in [-0.2, -0.15) is 9.49 Å². The molecule has 0 saturated heterocycles. The zero-order valence-electron chi connectivity index (χ0n) is 13.8. The quantitative estimate of drug-likeness (QED) is 0.654. The second-order valence-corrected chi connectivity index (χ2v) is 5.28. The Labute approximate surface area is 134 Å². The summed E-state index contributed by atoms with van der Waals surface area (Å²) >= 11 is 0. The van der Waals surface area contributed by atoms with Gasteiger partial charge in [0.2, 0.25) is 5.95 Å². The van der Waals surface area contributed by atoms with E-state index in [2.05, 4.69) is 15.4 Å². The summed E-state index contributed by atoms with van der Waals surface area (Å²) in [7, 11) is 0. The molecule has 0 bridgehead atoms. The number of pyridine rings is 1. The van der Waals surface area contributed by atoms with Crippen molar-refractivity contribution in [2.45, 2.75) is 40.3 Å². The van der Waals surface area contributed by atoms with Crippen LogP contribution in [0, 0.1) is 5.95 Å². The number of nitrogens with one attached hydrogen (secondary N) is 1. The molecule has 0 aliphatic heterocycles. The first kappa shape index (κ1) is 16.9. The Bertz CT molecular complexity index is 697. The molecule has 0 fully saturated rings. The van der Waals surface area contributed by atoms with Gasteiger partial charge in [-0.1, -0.05) is 0 Å². The van der Waals surface area contributed by atoms with E-state index < -0.39 is 11.9 Å². The Kier molecular flexibility index (Phi) is 5.31. The molecule has 2 aromatic heterocycles. The molecule has 0 aliphatic rings. The highest BCUT2D eigenvalue weighted by molar-refractivity contribution is 5.96. The number of anilines is 1. The maximum Gasteiger partial charge on any atom is 0.341 e. The fourth-order valence-electron chi connectivity index (χ4n) is 2.25. The van der Waals surface area contributed by atoms with Crippen molar-refractivity contribution in [1.82, 2.24) is 14.8 Å². The van der Waals surface area contributed by atoms with Gasteiger partial charge in [0.15, 0.2) is 0 Å². The number of aromatic nitrogens is 3. The molecule has 0 unspecified atom stereocenters. The van der Waals surface area contributed by atoms with Gasteiger partial charge >= 0.3 is 5.97 Å². The van der Waals surface area contributed by atoms with E-state index in [4.69, 9.17) is 4.74 Å². The second kappa shape index (κ2) is 7.21. The van der Waals surface area contributed by atoms with Crippen LogP contribution in [0.3, 0.4) is 0 Å². The Morgan fingerprint density at radius 1 is 1.39 bits per heavy atom. The number of carbonyl (C=O) groups is 1. The third-order valence-electron chi connectivity index (χ3n) is 3.17. The summed E-state index contributed by atoms with van der Waals surface area (Å²) in [6, 6.07) is 3.42. The third-order valence-corrected chi connectivity index (χ3v) is 3.17. The molecule has 0 atom stereocenters. The molecule has 0 radical (unpaired) electrons. The maximum atomic E-state index is 14.5. The Balaban J connectivity index is 2.48. The highest BCUT2D eigenvalue weighted by Gasteiger charge is 2.22. The minimum absolute atomic E-state index is 0.143. The van der Waals surface area contributed by atoms with Crippen molar-refractivity contribution in [3.05, 3.63) is 29.8 Å². The van der Waals surface area contributed by atoms with Crippen molar-refractivity contribution in [3.8, 4) is 11.3 Å². The number of nitrogens with zero attached hydrogens (tertiary/aromatic N) is 3. The number of ether oxygens (including phenoxy) is 1. The van der Waals surface area contributed by atoms with E-state index in [1.54, 1.807) is 23.7 Å². The first-order chi connectivity index (χ1) is 11.0. The van der Waals surface area contributed by atoms with Crippen molar-refractivity contribution in [3.63, 3.8) is 0 Å². The smallest absolute Gasteiger partial charge is 0.341 e. The molecule has 0 amide bonds. The van der Waals surface area contributed by atoms with E-state index in [0.717, 1.165) is 0 Å². The lowest BCUT2D eigenvalue weighted by Gasteiger charge is -2.12. The van der Waals surface area contributed by atoms with Gasteiger partial charge in [-0.3, -0.25) is 4.68 Å². The van der Waals surface area contributed by atoms with Gasteiger partial charge in [-0.15, -0.1) is 0 Å². The molecule has 1 N–H and O–H groups in total. The topological polar surface area (TPSA) is 69.0 Å². The molecule has 0 spiro atoms. The summed E-state index contributed by atoms with van der Waals surface area (Å²) in [5, 5.41) is 7.17. The van der Waals surface area contributed by atoms with E-state index in [1.165, 1.54) is 6.20 Å². The summed E-state index contributed by atoms with van der Waals surface area (Å²) in [4.78, 5) is 16.0. The van der Waals surface area contributed by atoms with Crippen LogP contribution in [0.4, 0.5) is 10.2 Å². The number of halogens is 1. The lowest BCUT2D eigenvalue weighted by atomic mass is 10.1. The first-order valence-corrected chi connectivity index (χ1v) is 7.64. The summed E-state index contributed by atoms with van der Waals surface area (Å²) < 4.78 is 21.0. The molecule has 0 aliphatic carbocycles. The van der Waals surface area contributed by atoms with Gasteiger partial charge < -0.3 is 10.1 Å². The van der Waals surface area contributed by atoms with Crippen molar-refractivity contribution < 1.29 is 13.9 Å². The third kappa shape index (κ3) is 3.67. The average molecular weight is 320 g/mol. The van der Waals surface area contributed by atoms with Crippen LogP contribution in [0.25, 0.3) is 11.3 Å². The summed E-state index contributed by atoms with van der Waals surface area (Å²) in [5.41, 5.74) is 0.840. The zero-order valence-corrected chi connectivity index (χ0v) is 13.8. The van der Waals surface area contributed by atoms with E-state index in [1.807, 2.05) is 20.8 Å². The Morgan fingerprint density at radius 3 is 2.70 bits per heavy atom. The lowest BCUT2D eigenvalue weighted by molar-refractivity contribution is 0.0527. The van der Waals surface area contributed by atoms with Gasteiger partial charge in [0.05, 0.1) is 24.1 Å². The van der Waals surface area contributed by atoms with Crippen molar-refractivity contribution in [1.29, 1.82) is 0 Å². The molecule has 0 saturated carbocycles. The van der Waals surface area contributed by atoms with Crippen molar-refractivity contribution >= 4 is 11.8 Å². The van der Waals surface area contributed by atoms with Crippen molar-refractivity contribution in [2.24, 2.45) is 0 Å². The number of esters is 1.